The number of hydrogen-bond donors (Lipinski definition) is 2. The summed E-state index contributed by atoms with van der Waals surface area (Å²) in [6.07, 6.45) is -4.95. The number of aliphatic carboxylic acids is 1. The fourth-order valence-corrected chi connectivity index (χ4v) is 2.49. The molecule has 1 fully saturated rings. The van der Waals surface area contributed by atoms with Gasteiger partial charge in [-0.3, -0.25) is 14.4 Å². The summed E-state index contributed by atoms with van der Waals surface area (Å²) in [6.45, 7) is 2.25. The first-order chi connectivity index (χ1) is 12.6. The Kier molecular flexibility index (Phi) is 8.45. The maximum atomic E-state index is 11.5. The SMILES string of the molecule is CC(=O)NC1[C@H](N=[N+]=[N-])OC(COC(C)=O)[C@@H](OCC(=O)O)[C@H]1OC(C)=O. The quantitative estimate of drug-likeness (QED) is 0.239. The summed E-state index contributed by atoms with van der Waals surface area (Å²) in [4.78, 5) is 47.6. The molecule has 1 heterocycles. The monoisotopic (exact) mass is 388 g/mol. The highest BCUT2D eigenvalue weighted by Gasteiger charge is 2.49. The Bertz CT molecular complexity index is 634. The van der Waals surface area contributed by atoms with Crippen molar-refractivity contribution in [3.63, 3.8) is 0 Å². The van der Waals surface area contributed by atoms with E-state index in [-0.39, 0.29) is 6.61 Å². The number of hydrogen-bond acceptors (Lipinski definition) is 9. The van der Waals surface area contributed by atoms with Gasteiger partial charge in [-0.2, -0.15) is 0 Å². The standard InChI is InChI=1S/C14H20N4O9/c1-6(19)16-11-13(26-8(3)21)12(25-5-10(22)23)9(4-24-7(2)20)27-14(11)17-18-15/h9,11-14H,4-5H2,1-3H3,(H,16,19)(H,22,23)/t9?,11?,12-,13+,14-/m1/s1. The zero-order valence-corrected chi connectivity index (χ0v) is 14.9. The first kappa shape index (κ1) is 22.2. The van der Waals surface area contributed by atoms with E-state index >= 15 is 0 Å². The molecule has 27 heavy (non-hydrogen) atoms. The number of rotatable bonds is 8. The molecule has 1 saturated heterocycles. The van der Waals surface area contributed by atoms with Crippen molar-refractivity contribution in [2.75, 3.05) is 13.2 Å². The van der Waals surface area contributed by atoms with Crippen LogP contribution in [0.15, 0.2) is 5.11 Å². The molecular formula is C14H20N4O9. The summed E-state index contributed by atoms with van der Waals surface area (Å²) in [6, 6.07) is -1.16. The molecule has 0 radical (unpaired) electrons. The lowest BCUT2D eigenvalue weighted by atomic mass is 9.95. The normalized spacial score (nSPS) is 27.0. The fourth-order valence-electron chi connectivity index (χ4n) is 2.49. The van der Waals surface area contributed by atoms with Crippen LogP contribution >= 0.6 is 0 Å². The van der Waals surface area contributed by atoms with Crippen LogP contribution in [-0.2, 0) is 38.1 Å². The van der Waals surface area contributed by atoms with E-state index in [1.54, 1.807) is 0 Å². The zero-order chi connectivity index (χ0) is 20.6. The number of carbonyl (C=O) groups excluding carboxylic acids is 3. The van der Waals surface area contributed by atoms with Crippen molar-refractivity contribution >= 4 is 23.8 Å². The molecule has 1 aliphatic heterocycles. The molecular weight excluding hydrogens is 368 g/mol. The van der Waals surface area contributed by atoms with Gasteiger partial charge in [-0.15, -0.1) is 0 Å². The van der Waals surface area contributed by atoms with E-state index in [0.29, 0.717) is 0 Å². The number of carboxylic acid groups (broad SMARTS) is 1. The Labute approximate surface area is 153 Å². The molecule has 1 rings (SSSR count). The summed E-state index contributed by atoms with van der Waals surface area (Å²) in [5, 5.41) is 14.7. The molecule has 5 atom stereocenters. The van der Waals surface area contributed by atoms with Crippen LogP contribution in [-0.4, -0.2) is 72.7 Å². The van der Waals surface area contributed by atoms with Gasteiger partial charge in [-0.05, 0) is 5.53 Å². The van der Waals surface area contributed by atoms with Gasteiger partial charge in [0.05, 0.1) is 0 Å². The summed E-state index contributed by atoms with van der Waals surface area (Å²) in [5.74, 6) is -3.26. The second-order valence-corrected chi connectivity index (χ2v) is 5.54. The van der Waals surface area contributed by atoms with Crippen LogP contribution < -0.4 is 5.32 Å². The number of carboxylic acids is 1. The number of azide groups is 1. The molecule has 13 nitrogen and oxygen atoms in total. The smallest absolute Gasteiger partial charge is 0.329 e. The fraction of sp³-hybridized carbons (Fsp3) is 0.714. The van der Waals surface area contributed by atoms with Gasteiger partial charge in [0.1, 0.15) is 31.5 Å². The topological polar surface area (TPSA) is 186 Å². The highest BCUT2D eigenvalue weighted by atomic mass is 16.6. The van der Waals surface area contributed by atoms with Crippen molar-refractivity contribution in [2.45, 2.75) is 51.4 Å². The van der Waals surface area contributed by atoms with E-state index in [2.05, 4.69) is 15.3 Å². The summed E-state index contributed by atoms with van der Waals surface area (Å²) < 4.78 is 20.8. The van der Waals surface area contributed by atoms with Crippen LogP contribution in [0.2, 0.25) is 0 Å². The third-order valence-corrected chi connectivity index (χ3v) is 3.35. The molecule has 0 bridgehead atoms. The van der Waals surface area contributed by atoms with E-state index < -0.39 is 61.0 Å². The van der Waals surface area contributed by atoms with E-state index in [9.17, 15) is 19.2 Å². The van der Waals surface area contributed by atoms with Gasteiger partial charge in [0.2, 0.25) is 5.91 Å². The summed E-state index contributed by atoms with van der Waals surface area (Å²) in [5.41, 5.74) is 8.75. The number of ether oxygens (including phenoxy) is 4. The van der Waals surface area contributed by atoms with Gasteiger partial charge in [0.25, 0.3) is 0 Å². The van der Waals surface area contributed by atoms with Gasteiger partial charge in [-0.25, -0.2) is 4.79 Å². The minimum atomic E-state index is -1.33. The third-order valence-electron chi connectivity index (χ3n) is 3.35. The average molecular weight is 388 g/mol. The van der Waals surface area contributed by atoms with Gasteiger partial charge in [0, 0.05) is 25.7 Å². The lowest BCUT2D eigenvalue weighted by Crippen LogP contribution is -2.65. The lowest BCUT2D eigenvalue weighted by molar-refractivity contribution is -0.224. The lowest BCUT2D eigenvalue weighted by Gasteiger charge is -2.44. The Balaban J connectivity index is 3.26. The van der Waals surface area contributed by atoms with Crippen molar-refractivity contribution in [3.8, 4) is 0 Å². The summed E-state index contributed by atoms with van der Waals surface area (Å²) in [7, 11) is 0. The first-order valence-electron chi connectivity index (χ1n) is 7.76. The van der Waals surface area contributed by atoms with Crippen molar-refractivity contribution < 1.29 is 43.2 Å². The molecule has 0 aliphatic carbocycles. The number of esters is 2. The van der Waals surface area contributed by atoms with Crippen molar-refractivity contribution in [1.29, 1.82) is 0 Å². The van der Waals surface area contributed by atoms with Crippen LogP contribution in [0.5, 0.6) is 0 Å². The number of carbonyl (C=O) groups is 4. The minimum Gasteiger partial charge on any atom is -0.480 e. The maximum Gasteiger partial charge on any atom is 0.329 e. The number of amides is 1. The highest BCUT2D eigenvalue weighted by Crippen LogP contribution is 2.27. The molecule has 0 spiro atoms. The molecule has 2 unspecified atom stereocenters. The first-order valence-corrected chi connectivity index (χ1v) is 7.76. The van der Waals surface area contributed by atoms with Gasteiger partial charge in [0.15, 0.2) is 12.3 Å². The molecule has 1 aliphatic rings. The molecule has 150 valence electrons. The number of nitrogens with one attached hydrogen (secondary N) is 1. The van der Waals surface area contributed by atoms with Crippen LogP contribution in [0.3, 0.4) is 0 Å². The molecule has 0 saturated carbocycles. The Morgan fingerprint density at radius 3 is 2.33 bits per heavy atom. The molecule has 1 amide bonds. The predicted octanol–water partition coefficient (Wildman–Crippen LogP) is -0.509. The van der Waals surface area contributed by atoms with Crippen molar-refractivity contribution in [3.05, 3.63) is 10.4 Å². The van der Waals surface area contributed by atoms with Gasteiger partial charge in [-0.1, -0.05) is 5.11 Å². The van der Waals surface area contributed by atoms with Crippen molar-refractivity contribution in [2.24, 2.45) is 5.11 Å². The zero-order valence-electron chi connectivity index (χ0n) is 14.9. The Hall–Kier alpha value is -2.89. The van der Waals surface area contributed by atoms with Gasteiger partial charge < -0.3 is 29.4 Å². The second kappa shape index (κ2) is 10.3. The van der Waals surface area contributed by atoms with E-state index in [4.69, 9.17) is 29.6 Å². The van der Waals surface area contributed by atoms with Crippen LogP contribution in [0.25, 0.3) is 10.4 Å². The van der Waals surface area contributed by atoms with Crippen molar-refractivity contribution in [1.82, 2.24) is 5.32 Å². The largest absolute Gasteiger partial charge is 0.480 e. The number of nitrogens with zero attached hydrogens (tertiary/aromatic N) is 3. The van der Waals surface area contributed by atoms with E-state index in [1.807, 2.05) is 0 Å². The maximum absolute atomic E-state index is 11.5. The van der Waals surface area contributed by atoms with Gasteiger partial charge >= 0.3 is 17.9 Å². The Morgan fingerprint density at radius 2 is 1.85 bits per heavy atom. The molecule has 0 aromatic heterocycles. The van der Waals surface area contributed by atoms with E-state index in [1.165, 1.54) is 6.92 Å². The van der Waals surface area contributed by atoms with Crippen LogP contribution in [0.1, 0.15) is 20.8 Å². The second-order valence-electron chi connectivity index (χ2n) is 5.54. The molecule has 2 N–H and O–H groups in total. The molecule has 0 aromatic rings. The third kappa shape index (κ3) is 7.09. The highest BCUT2D eigenvalue weighted by molar-refractivity contribution is 5.73. The van der Waals surface area contributed by atoms with Crippen LogP contribution in [0.4, 0.5) is 0 Å². The molecule has 13 heteroatoms. The predicted molar refractivity (Wildman–Crippen MR) is 85.0 cm³/mol. The summed E-state index contributed by atoms with van der Waals surface area (Å²) >= 11 is 0. The van der Waals surface area contributed by atoms with Crippen LogP contribution in [0, 0.1) is 0 Å². The van der Waals surface area contributed by atoms with E-state index in [0.717, 1.165) is 13.8 Å². The Morgan fingerprint density at radius 1 is 1.19 bits per heavy atom. The average Bonchev–Trinajstić information content (AvgIpc) is 2.54. The minimum absolute atomic E-state index is 0.387. The molecule has 0 aromatic carbocycles.